The number of aliphatic hydroxyl groups excluding tert-OH is 1. The van der Waals surface area contributed by atoms with E-state index in [9.17, 15) is 4.79 Å². The molecule has 0 saturated heterocycles. The van der Waals surface area contributed by atoms with Crippen LogP contribution in [0.1, 0.15) is 6.92 Å². The first kappa shape index (κ1) is 6.37. The Morgan fingerprint density at radius 2 is 2.43 bits per heavy atom. The molecule has 0 amide bonds. The van der Waals surface area contributed by atoms with E-state index >= 15 is 0 Å². The van der Waals surface area contributed by atoms with Gasteiger partial charge in [-0.05, 0) is 12.5 Å². The number of allylic oxidation sites excluding steroid dienone is 1. The molecule has 0 aliphatic rings. The Kier molecular flexibility index (Phi) is 3.24. The molecule has 0 aromatic carbocycles. The van der Waals surface area contributed by atoms with E-state index in [-0.39, 0.29) is 6.61 Å². The minimum atomic E-state index is -0.0510. The predicted molar refractivity (Wildman–Crippen MR) is 26.9 cm³/mol. The van der Waals surface area contributed by atoms with Crippen LogP contribution in [0.3, 0.4) is 0 Å². The van der Waals surface area contributed by atoms with E-state index in [1.54, 1.807) is 6.92 Å². The van der Waals surface area contributed by atoms with Gasteiger partial charge in [-0.2, -0.15) is 0 Å². The highest BCUT2D eigenvalue weighted by atomic mass is 16.2. The summed E-state index contributed by atoms with van der Waals surface area (Å²) >= 11 is 0. The third kappa shape index (κ3) is 3.19. The van der Waals surface area contributed by atoms with Crippen LogP contribution < -0.4 is 0 Å². The highest BCUT2D eigenvalue weighted by Gasteiger charge is 1.77. The molecule has 0 bridgehead atoms. The lowest BCUT2D eigenvalue weighted by molar-refractivity contribution is -0.104. The Morgan fingerprint density at radius 1 is 1.86 bits per heavy atom. The maximum absolute atomic E-state index is 9.72. The average molecular weight is 100 g/mol. The van der Waals surface area contributed by atoms with Crippen LogP contribution in [0.2, 0.25) is 0 Å². The van der Waals surface area contributed by atoms with Crippen LogP contribution in [-0.4, -0.2) is 18.0 Å². The quantitative estimate of drug-likeness (QED) is 0.395. The molecular weight excluding hydrogens is 92.1 g/mol. The van der Waals surface area contributed by atoms with Crippen LogP contribution >= 0.6 is 0 Å². The van der Waals surface area contributed by atoms with Gasteiger partial charge in [0.2, 0.25) is 0 Å². The van der Waals surface area contributed by atoms with Crippen molar-refractivity contribution in [2.75, 3.05) is 6.61 Å². The molecule has 0 rings (SSSR count). The van der Waals surface area contributed by atoms with Crippen LogP contribution in [-0.2, 0) is 4.79 Å². The number of hydrogen-bond acceptors (Lipinski definition) is 2. The van der Waals surface area contributed by atoms with Crippen molar-refractivity contribution in [1.29, 1.82) is 0 Å². The van der Waals surface area contributed by atoms with Gasteiger partial charge in [0.05, 0.1) is 6.61 Å². The Morgan fingerprint density at radius 3 is 2.57 bits per heavy atom. The minimum absolute atomic E-state index is 0.0510. The molecule has 1 N–H and O–H groups in total. The Bertz CT molecular complexity index is 84.1. The topological polar surface area (TPSA) is 37.3 Å². The zero-order valence-electron chi connectivity index (χ0n) is 4.22. The summed E-state index contributed by atoms with van der Waals surface area (Å²) in [6.07, 6.45) is 2.16. The van der Waals surface area contributed by atoms with E-state index in [0.717, 1.165) is 0 Å². The molecule has 0 heterocycles. The summed E-state index contributed by atoms with van der Waals surface area (Å²) in [4.78, 5) is 9.72. The molecule has 0 atom stereocenters. The highest BCUT2D eigenvalue weighted by Crippen LogP contribution is 1.81. The van der Waals surface area contributed by atoms with Crippen LogP contribution in [0.5, 0.6) is 0 Å². The van der Waals surface area contributed by atoms with Gasteiger partial charge < -0.3 is 5.11 Å². The second kappa shape index (κ2) is 3.56. The maximum atomic E-state index is 9.72. The molecule has 0 unspecified atom stereocenters. The number of carbonyl (C=O) groups is 1. The van der Waals surface area contributed by atoms with Crippen LogP contribution in [0.15, 0.2) is 11.6 Å². The van der Waals surface area contributed by atoms with E-state index in [0.29, 0.717) is 11.9 Å². The molecule has 0 aromatic heterocycles. The minimum Gasteiger partial charge on any atom is -0.392 e. The van der Waals surface area contributed by atoms with Crippen molar-refractivity contribution < 1.29 is 9.90 Å². The maximum Gasteiger partial charge on any atom is 0.145 e. The first-order chi connectivity index (χ1) is 3.31. The van der Waals surface area contributed by atoms with Crippen molar-refractivity contribution in [3.05, 3.63) is 11.6 Å². The standard InChI is InChI=1S/C5H8O2/c1-5(4-7)2-3-6/h2,4,6H,3H2,1H3. The van der Waals surface area contributed by atoms with E-state index in [2.05, 4.69) is 0 Å². The highest BCUT2D eigenvalue weighted by molar-refractivity contribution is 5.71. The van der Waals surface area contributed by atoms with Gasteiger partial charge in [-0.25, -0.2) is 0 Å². The lowest BCUT2D eigenvalue weighted by Crippen LogP contribution is -1.78. The number of carbonyl (C=O) groups excluding carboxylic acids is 1. The lowest BCUT2D eigenvalue weighted by atomic mass is 10.3. The SMILES string of the molecule is CC(C=O)=CCO. The first-order valence-electron chi connectivity index (χ1n) is 2.04. The second-order valence-corrected chi connectivity index (χ2v) is 1.25. The van der Waals surface area contributed by atoms with Crippen molar-refractivity contribution in [2.24, 2.45) is 0 Å². The van der Waals surface area contributed by atoms with E-state index in [1.165, 1.54) is 6.08 Å². The van der Waals surface area contributed by atoms with Gasteiger partial charge in [0, 0.05) is 0 Å². The van der Waals surface area contributed by atoms with Gasteiger partial charge in [0.15, 0.2) is 0 Å². The number of aliphatic hydroxyl groups is 1. The molecule has 0 aliphatic heterocycles. The number of aldehydes is 1. The Hall–Kier alpha value is -0.630. The molecule has 0 aromatic rings. The molecule has 2 nitrogen and oxygen atoms in total. The van der Waals surface area contributed by atoms with Crippen LogP contribution in [0.25, 0.3) is 0 Å². The van der Waals surface area contributed by atoms with Crippen LogP contribution in [0.4, 0.5) is 0 Å². The number of hydrogen-bond donors (Lipinski definition) is 1. The monoisotopic (exact) mass is 100 g/mol. The van der Waals surface area contributed by atoms with Crippen molar-refractivity contribution >= 4 is 6.29 Å². The third-order valence-electron chi connectivity index (χ3n) is 0.599. The Labute approximate surface area is 42.5 Å². The van der Waals surface area contributed by atoms with Gasteiger partial charge in [-0.15, -0.1) is 0 Å². The average Bonchev–Trinajstić information content (AvgIpc) is 1.68. The van der Waals surface area contributed by atoms with Crippen molar-refractivity contribution in [1.82, 2.24) is 0 Å². The summed E-state index contributed by atoms with van der Waals surface area (Å²) in [5.74, 6) is 0. The van der Waals surface area contributed by atoms with Crippen molar-refractivity contribution in [3.63, 3.8) is 0 Å². The van der Waals surface area contributed by atoms with Crippen molar-refractivity contribution in [2.45, 2.75) is 6.92 Å². The molecule has 0 fully saturated rings. The molecule has 0 aliphatic carbocycles. The van der Waals surface area contributed by atoms with E-state index in [1.807, 2.05) is 0 Å². The normalized spacial score (nSPS) is 11.4. The molecule has 0 radical (unpaired) electrons. The largest absolute Gasteiger partial charge is 0.392 e. The fourth-order valence-corrected chi connectivity index (χ4v) is 0.192. The molecule has 2 heteroatoms. The van der Waals surface area contributed by atoms with Gasteiger partial charge in [-0.3, -0.25) is 4.79 Å². The van der Waals surface area contributed by atoms with Gasteiger partial charge in [0.1, 0.15) is 6.29 Å². The van der Waals surface area contributed by atoms with Crippen molar-refractivity contribution in [3.8, 4) is 0 Å². The summed E-state index contributed by atoms with van der Waals surface area (Å²) in [6, 6.07) is 0. The molecule has 40 valence electrons. The van der Waals surface area contributed by atoms with E-state index in [4.69, 9.17) is 5.11 Å². The molecule has 0 saturated carbocycles. The molecular formula is C5H8O2. The fraction of sp³-hybridized carbons (Fsp3) is 0.400. The zero-order valence-corrected chi connectivity index (χ0v) is 4.22. The second-order valence-electron chi connectivity index (χ2n) is 1.25. The van der Waals surface area contributed by atoms with Gasteiger partial charge >= 0.3 is 0 Å². The number of rotatable bonds is 2. The zero-order chi connectivity index (χ0) is 5.70. The van der Waals surface area contributed by atoms with Gasteiger partial charge in [0.25, 0.3) is 0 Å². The third-order valence-corrected chi connectivity index (χ3v) is 0.599. The summed E-state index contributed by atoms with van der Waals surface area (Å²) in [5.41, 5.74) is 0.572. The fourth-order valence-electron chi connectivity index (χ4n) is 0.192. The predicted octanol–water partition coefficient (Wildman–Crippen LogP) is 0.124. The first-order valence-corrected chi connectivity index (χ1v) is 2.04. The lowest BCUT2D eigenvalue weighted by Gasteiger charge is -1.79. The smallest absolute Gasteiger partial charge is 0.145 e. The molecule has 7 heavy (non-hydrogen) atoms. The summed E-state index contributed by atoms with van der Waals surface area (Å²) in [5, 5.41) is 8.13. The summed E-state index contributed by atoms with van der Waals surface area (Å²) in [7, 11) is 0. The van der Waals surface area contributed by atoms with Gasteiger partial charge in [-0.1, -0.05) is 6.08 Å². The summed E-state index contributed by atoms with van der Waals surface area (Å²) in [6.45, 7) is 1.59. The van der Waals surface area contributed by atoms with E-state index < -0.39 is 0 Å². The van der Waals surface area contributed by atoms with Crippen LogP contribution in [0, 0.1) is 0 Å². The Balaban J connectivity index is 3.49. The molecule has 0 spiro atoms. The summed E-state index contributed by atoms with van der Waals surface area (Å²) < 4.78 is 0.